The molecule has 1 amide bonds. The Morgan fingerprint density at radius 1 is 1.28 bits per heavy atom. The molecule has 3 aromatic rings. The van der Waals surface area contributed by atoms with E-state index < -0.39 is 11.7 Å². The number of H-pyrrole nitrogens is 1. The van der Waals surface area contributed by atoms with Gasteiger partial charge in [-0.3, -0.25) is 9.89 Å². The number of rotatable bonds is 8. The van der Waals surface area contributed by atoms with Crippen LogP contribution in [0.4, 0.5) is 27.5 Å². The fourth-order valence-corrected chi connectivity index (χ4v) is 3.07. The van der Waals surface area contributed by atoms with Crippen LogP contribution in [0.3, 0.4) is 0 Å². The molecule has 2 aromatic heterocycles. The van der Waals surface area contributed by atoms with E-state index in [9.17, 15) is 9.18 Å². The number of benzene rings is 1. The first kappa shape index (κ1) is 20.3. The van der Waals surface area contributed by atoms with Crippen LogP contribution in [0.2, 0.25) is 0 Å². The molecule has 0 aliphatic rings. The first-order chi connectivity index (χ1) is 13.8. The minimum absolute atomic E-state index is 0.00181. The van der Waals surface area contributed by atoms with Crippen LogP contribution in [0.15, 0.2) is 24.3 Å². The van der Waals surface area contributed by atoms with E-state index in [1.807, 2.05) is 26.0 Å². The quantitative estimate of drug-likeness (QED) is 0.340. The number of amides is 1. The smallest absolute Gasteiger partial charge is 0.252 e. The average molecular weight is 400 g/mol. The molecule has 2 heterocycles. The first-order valence-electron chi connectivity index (χ1n) is 9.29. The number of nitrogens with one attached hydrogen (secondary N) is 4. The van der Waals surface area contributed by atoms with E-state index >= 15 is 0 Å². The van der Waals surface area contributed by atoms with Crippen molar-refractivity contribution in [2.45, 2.75) is 32.4 Å². The molecule has 0 saturated carbocycles. The van der Waals surface area contributed by atoms with Crippen molar-refractivity contribution in [1.82, 2.24) is 15.2 Å². The third-order valence-corrected chi connectivity index (χ3v) is 4.70. The molecule has 0 saturated heterocycles. The van der Waals surface area contributed by atoms with E-state index in [4.69, 9.17) is 11.5 Å². The largest absolute Gasteiger partial charge is 0.371 e. The lowest BCUT2D eigenvalue weighted by atomic mass is 10.1. The predicted molar refractivity (Wildman–Crippen MR) is 113 cm³/mol. The summed E-state index contributed by atoms with van der Waals surface area (Å²) in [5.74, 6) is -0.635. The number of fused-ring (bicyclic) bond motifs is 1. The Morgan fingerprint density at radius 2 is 2.03 bits per heavy atom. The molecule has 10 heteroatoms. The van der Waals surface area contributed by atoms with Crippen molar-refractivity contribution in [3.63, 3.8) is 0 Å². The van der Waals surface area contributed by atoms with Crippen LogP contribution >= 0.6 is 0 Å². The molecule has 0 bridgehead atoms. The van der Waals surface area contributed by atoms with Crippen LogP contribution in [0.5, 0.6) is 0 Å². The van der Waals surface area contributed by atoms with Gasteiger partial charge in [-0.25, -0.2) is 9.37 Å². The second-order valence-electron chi connectivity index (χ2n) is 6.80. The Balaban J connectivity index is 2.00. The number of carbonyl (C=O) groups is 1. The zero-order chi connectivity index (χ0) is 21.1. The third kappa shape index (κ3) is 4.21. The van der Waals surface area contributed by atoms with Crippen molar-refractivity contribution in [2.75, 3.05) is 23.0 Å². The normalized spacial score (nSPS) is 13.1. The fraction of sp³-hybridized carbons (Fsp3) is 0.316. The lowest BCUT2D eigenvalue weighted by Crippen LogP contribution is -2.38. The van der Waals surface area contributed by atoms with Crippen LogP contribution in [-0.2, 0) is 0 Å². The van der Waals surface area contributed by atoms with Gasteiger partial charge >= 0.3 is 0 Å². The molecule has 0 aliphatic heterocycles. The molecule has 2 atom stereocenters. The molecule has 1 aromatic carbocycles. The zero-order valence-electron chi connectivity index (χ0n) is 16.5. The highest BCUT2D eigenvalue weighted by atomic mass is 19.1. The van der Waals surface area contributed by atoms with Gasteiger partial charge in [0, 0.05) is 30.2 Å². The fourth-order valence-electron chi connectivity index (χ4n) is 3.07. The molecule has 0 spiro atoms. The summed E-state index contributed by atoms with van der Waals surface area (Å²) in [4.78, 5) is 16.1. The molecule has 0 fully saturated rings. The Morgan fingerprint density at radius 3 is 2.66 bits per heavy atom. The summed E-state index contributed by atoms with van der Waals surface area (Å²) in [6.07, 6.45) is 0.684. The van der Waals surface area contributed by atoms with Gasteiger partial charge in [-0.05, 0) is 37.6 Å². The highest BCUT2D eigenvalue weighted by Gasteiger charge is 2.19. The van der Waals surface area contributed by atoms with Crippen LogP contribution in [0, 0.1) is 5.82 Å². The van der Waals surface area contributed by atoms with Crippen molar-refractivity contribution < 1.29 is 9.18 Å². The van der Waals surface area contributed by atoms with E-state index in [0.29, 0.717) is 17.9 Å². The summed E-state index contributed by atoms with van der Waals surface area (Å²) in [7, 11) is 1.77. The van der Waals surface area contributed by atoms with Gasteiger partial charge in [-0.1, -0.05) is 6.92 Å². The van der Waals surface area contributed by atoms with E-state index in [1.165, 1.54) is 0 Å². The predicted octanol–water partition coefficient (Wildman–Crippen LogP) is 2.52. The van der Waals surface area contributed by atoms with E-state index in [2.05, 4.69) is 31.1 Å². The molecule has 0 aliphatic carbocycles. The van der Waals surface area contributed by atoms with Gasteiger partial charge < -0.3 is 27.4 Å². The van der Waals surface area contributed by atoms with E-state index in [1.54, 1.807) is 13.1 Å². The summed E-state index contributed by atoms with van der Waals surface area (Å²) in [6.45, 7) is 3.77. The summed E-state index contributed by atoms with van der Waals surface area (Å²) < 4.78 is 14.5. The molecule has 29 heavy (non-hydrogen) atoms. The van der Waals surface area contributed by atoms with Gasteiger partial charge in [0.15, 0.2) is 17.5 Å². The number of nitrogens with two attached hydrogens (primary N) is 2. The van der Waals surface area contributed by atoms with E-state index in [-0.39, 0.29) is 29.3 Å². The third-order valence-electron chi connectivity index (χ3n) is 4.70. The Kier molecular flexibility index (Phi) is 5.83. The first-order valence-corrected chi connectivity index (χ1v) is 9.29. The van der Waals surface area contributed by atoms with Gasteiger partial charge in [0.2, 0.25) is 0 Å². The van der Waals surface area contributed by atoms with Crippen molar-refractivity contribution in [1.29, 1.82) is 0 Å². The zero-order valence-corrected chi connectivity index (χ0v) is 16.5. The summed E-state index contributed by atoms with van der Waals surface area (Å²) in [6, 6.07) is 6.15. The number of hydrogen-bond donors (Lipinski definition) is 6. The summed E-state index contributed by atoms with van der Waals surface area (Å²) in [5.41, 5.74) is 12.8. The van der Waals surface area contributed by atoms with Gasteiger partial charge in [0.1, 0.15) is 5.82 Å². The lowest BCUT2D eigenvalue weighted by molar-refractivity contribution is 0.100. The molecule has 154 valence electrons. The van der Waals surface area contributed by atoms with Crippen LogP contribution in [0.1, 0.15) is 30.6 Å². The Hall–Kier alpha value is -3.40. The van der Waals surface area contributed by atoms with Crippen molar-refractivity contribution in [3.05, 3.63) is 35.6 Å². The summed E-state index contributed by atoms with van der Waals surface area (Å²) in [5, 5.41) is 17.0. The monoisotopic (exact) mass is 400 g/mol. The van der Waals surface area contributed by atoms with Gasteiger partial charge in [-0.2, -0.15) is 5.10 Å². The molecule has 8 N–H and O–H groups in total. The number of nitrogens with zero attached hydrogens (tertiary/aromatic N) is 2. The Bertz CT molecular complexity index is 1030. The van der Waals surface area contributed by atoms with E-state index in [0.717, 1.165) is 17.0 Å². The minimum Gasteiger partial charge on any atom is -0.371 e. The molecule has 3 rings (SSSR count). The highest BCUT2D eigenvalue weighted by molar-refractivity contribution is 5.99. The van der Waals surface area contributed by atoms with Gasteiger partial charge in [-0.15, -0.1) is 0 Å². The number of aromatic amines is 1. The topological polar surface area (TPSA) is 147 Å². The molecule has 0 unspecified atom stereocenters. The number of carbonyl (C=O) groups excluding carboxylic acids is 1. The second-order valence-corrected chi connectivity index (χ2v) is 6.80. The number of halogens is 1. The maximum atomic E-state index is 14.5. The van der Waals surface area contributed by atoms with Crippen molar-refractivity contribution in [3.8, 4) is 0 Å². The van der Waals surface area contributed by atoms with Crippen molar-refractivity contribution >= 4 is 40.0 Å². The minimum atomic E-state index is -0.787. The maximum Gasteiger partial charge on any atom is 0.252 e. The average Bonchev–Trinajstić information content (AvgIpc) is 3.09. The molecule has 9 nitrogen and oxygen atoms in total. The number of primary amides is 1. The standard InChI is InChI=1S/C19H25FN8O/c1-4-14(9(2)21)25-19-13(20)8-12(16(22)29)18(26-19)24-10-5-6-15-11(7-10)17(23-3)28-27-15/h5-9,14H,4,21H2,1-3H3,(H2,22,29)(H2,23,27,28)(H2,24,25,26)/t9-,14+/m0/s1. The highest BCUT2D eigenvalue weighted by Crippen LogP contribution is 2.28. The lowest BCUT2D eigenvalue weighted by Gasteiger charge is -2.22. The molecular formula is C19H25FN8O. The van der Waals surface area contributed by atoms with Crippen LogP contribution < -0.4 is 27.4 Å². The van der Waals surface area contributed by atoms with Crippen molar-refractivity contribution in [2.24, 2.45) is 11.5 Å². The number of hydrogen-bond acceptors (Lipinski definition) is 7. The van der Waals surface area contributed by atoms with Crippen LogP contribution in [-0.4, -0.2) is 40.2 Å². The SMILES string of the molecule is CC[C@@H](Nc1nc(Nc2ccc3[nH]nc(NC)c3c2)c(C(N)=O)cc1F)[C@H](C)N. The van der Waals surface area contributed by atoms with Gasteiger partial charge in [0.05, 0.1) is 11.1 Å². The van der Waals surface area contributed by atoms with Crippen LogP contribution in [0.25, 0.3) is 10.9 Å². The molecule has 0 radical (unpaired) electrons. The Labute approximate surface area is 167 Å². The maximum absolute atomic E-state index is 14.5. The number of anilines is 4. The second kappa shape index (κ2) is 8.31. The number of pyridine rings is 1. The summed E-state index contributed by atoms with van der Waals surface area (Å²) >= 11 is 0. The molecular weight excluding hydrogens is 375 g/mol. The number of aromatic nitrogens is 3. The van der Waals surface area contributed by atoms with Gasteiger partial charge in [0.25, 0.3) is 5.91 Å².